The molecule has 1 heterocycles. The maximum atomic E-state index is 12.3. The van der Waals surface area contributed by atoms with Crippen molar-refractivity contribution in [3.05, 3.63) is 54.6 Å². The van der Waals surface area contributed by atoms with Gasteiger partial charge < -0.3 is 9.47 Å². The van der Waals surface area contributed by atoms with Crippen LogP contribution in [0.5, 0.6) is 5.75 Å². The fourth-order valence-corrected chi connectivity index (χ4v) is 3.32. The largest absolute Gasteiger partial charge is 0.484 e. The molecule has 2 aromatic carbocycles. The van der Waals surface area contributed by atoms with Crippen LogP contribution < -0.4 is 9.46 Å². The van der Waals surface area contributed by atoms with Gasteiger partial charge in [-0.25, -0.2) is 13.1 Å². The van der Waals surface area contributed by atoms with Crippen molar-refractivity contribution in [1.82, 2.24) is 9.73 Å². The first-order chi connectivity index (χ1) is 13.5. The lowest BCUT2D eigenvalue weighted by Crippen LogP contribution is -2.34. The number of para-hydroxylation sites is 1. The standard InChI is InChI=1S/C18H20N4O5S/c23-18(14-27-16-4-2-1-3-5-16)20-28(24,25)17-8-6-15(7-9-17)19-21-22-10-12-26-13-11-22/h1-9H,10-14H2,(H,20,23). The first-order valence-corrected chi connectivity index (χ1v) is 10.1. The van der Waals surface area contributed by atoms with Crippen LogP contribution in [0.2, 0.25) is 0 Å². The minimum atomic E-state index is -3.99. The summed E-state index contributed by atoms with van der Waals surface area (Å²) in [7, 11) is -3.99. The molecule has 0 spiro atoms. The molecule has 0 radical (unpaired) electrons. The lowest BCUT2D eigenvalue weighted by molar-refractivity contribution is -0.121. The zero-order valence-electron chi connectivity index (χ0n) is 15.0. The molecule has 1 saturated heterocycles. The number of sulfonamides is 1. The average molecular weight is 404 g/mol. The number of nitrogens with zero attached hydrogens (tertiary/aromatic N) is 3. The Labute approximate surface area is 163 Å². The molecule has 1 aliphatic rings. The summed E-state index contributed by atoms with van der Waals surface area (Å²) < 4.78 is 37.1. The van der Waals surface area contributed by atoms with Crippen molar-refractivity contribution in [3.63, 3.8) is 0 Å². The van der Waals surface area contributed by atoms with Crippen LogP contribution in [0.3, 0.4) is 0 Å². The molecule has 148 valence electrons. The van der Waals surface area contributed by atoms with Crippen LogP contribution in [0.15, 0.2) is 69.8 Å². The van der Waals surface area contributed by atoms with Crippen molar-refractivity contribution in [3.8, 4) is 5.75 Å². The number of amides is 1. The Balaban J connectivity index is 1.55. The molecule has 1 N–H and O–H groups in total. The number of nitrogens with one attached hydrogen (secondary N) is 1. The summed E-state index contributed by atoms with van der Waals surface area (Å²) in [6.07, 6.45) is 0. The lowest BCUT2D eigenvalue weighted by atomic mass is 10.3. The van der Waals surface area contributed by atoms with Crippen LogP contribution >= 0.6 is 0 Å². The second-order valence-corrected chi connectivity index (χ2v) is 7.56. The summed E-state index contributed by atoms with van der Waals surface area (Å²) in [4.78, 5) is 11.8. The molecule has 0 aromatic heterocycles. The van der Waals surface area contributed by atoms with Gasteiger partial charge in [-0.1, -0.05) is 23.4 Å². The molecule has 1 aliphatic heterocycles. The SMILES string of the molecule is O=C(COc1ccccc1)NS(=O)(=O)c1ccc(N=NN2CCOCC2)cc1. The third-order valence-corrected chi connectivity index (χ3v) is 5.17. The number of hydrogen-bond donors (Lipinski definition) is 1. The first-order valence-electron chi connectivity index (χ1n) is 8.61. The van der Waals surface area contributed by atoms with E-state index in [0.29, 0.717) is 37.7 Å². The predicted octanol–water partition coefficient (Wildman–Crippen LogP) is 1.90. The van der Waals surface area contributed by atoms with Gasteiger partial charge in [-0.2, -0.15) is 0 Å². The van der Waals surface area contributed by atoms with E-state index in [1.165, 1.54) is 24.3 Å². The zero-order chi connectivity index (χ0) is 19.8. The molecule has 0 unspecified atom stereocenters. The maximum Gasteiger partial charge on any atom is 0.271 e. The molecule has 3 rings (SSSR count). The van der Waals surface area contributed by atoms with Crippen LogP contribution in [-0.2, 0) is 19.6 Å². The topological polar surface area (TPSA) is 110 Å². The van der Waals surface area contributed by atoms with Gasteiger partial charge in [0.05, 0.1) is 36.9 Å². The predicted molar refractivity (Wildman–Crippen MR) is 101 cm³/mol. The van der Waals surface area contributed by atoms with E-state index in [2.05, 4.69) is 10.3 Å². The van der Waals surface area contributed by atoms with E-state index in [4.69, 9.17) is 9.47 Å². The van der Waals surface area contributed by atoms with Gasteiger partial charge in [-0.05, 0) is 36.4 Å². The summed E-state index contributed by atoms with van der Waals surface area (Å²) in [5, 5.41) is 9.94. The average Bonchev–Trinajstić information content (AvgIpc) is 2.72. The summed E-state index contributed by atoms with van der Waals surface area (Å²) in [6, 6.07) is 14.4. The molecule has 1 fully saturated rings. The van der Waals surface area contributed by atoms with Crippen molar-refractivity contribution in [2.24, 2.45) is 10.3 Å². The van der Waals surface area contributed by atoms with E-state index in [-0.39, 0.29) is 4.90 Å². The van der Waals surface area contributed by atoms with E-state index in [0.717, 1.165) is 0 Å². The molecule has 0 atom stereocenters. The van der Waals surface area contributed by atoms with Crippen LogP contribution in [0.1, 0.15) is 0 Å². The van der Waals surface area contributed by atoms with Gasteiger partial charge in [0.15, 0.2) is 6.61 Å². The van der Waals surface area contributed by atoms with Gasteiger partial charge in [0, 0.05) is 0 Å². The van der Waals surface area contributed by atoms with E-state index in [9.17, 15) is 13.2 Å². The second-order valence-electron chi connectivity index (χ2n) is 5.88. The molecule has 0 saturated carbocycles. The summed E-state index contributed by atoms with van der Waals surface area (Å²) in [5.41, 5.74) is 0.504. The Morgan fingerprint density at radius 2 is 1.75 bits per heavy atom. The van der Waals surface area contributed by atoms with Crippen LogP contribution in [0.4, 0.5) is 5.69 Å². The highest BCUT2D eigenvalue weighted by Crippen LogP contribution is 2.17. The highest BCUT2D eigenvalue weighted by atomic mass is 32.2. The number of morpholine rings is 1. The minimum absolute atomic E-state index is 0.0501. The Morgan fingerprint density at radius 3 is 2.43 bits per heavy atom. The fourth-order valence-electron chi connectivity index (χ4n) is 2.35. The second kappa shape index (κ2) is 9.29. The van der Waals surface area contributed by atoms with Gasteiger partial charge in [0.1, 0.15) is 5.75 Å². The van der Waals surface area contributed by atoms with Crippen molar-refractivity contribution in [2.75, 3.05) is 32.9 Å². The van der Waals surface area contributed by atoms with E-state index >= 15 is 0 Å². The molecule has 1 amide bonds. The van der Waals surface area contributed by atoms with Gasteiger partial charge in [-0.3, -0.25) is 9.80 Å². The van der Waals surface area contributed by atoms with Crippen LogP contribution in [-0.4, -0.2) is 52.2 Å². The minimum Gasteiger partial charge on any atom is -0.484 e. The Morgan fingerprint density at radius 1 is 1.07 bits per heavy atom. The van der Waals surface area contributed by atoms with Crippen molar-refractivity contribution in [2.45, 2.75) is 4.90 Å². The third-order valence-electron chi connectivity index (χ3n) is 3.78. The lowest BCUT2D eigenvalue weighted by Gasteiger charge is -2.22. The highest BCUT2D eigenvalue weighted by molar-refractivity contribution is 7.90. The monoisotopic (exact) mass is 404 g/mol. The fraction of sp³-hybridized carbons (Fsp3) is 0.278. The number of carbonyl (C=O) groups excluding carboxylic acids is 1. The first kappa shape index (κ1) is 19.8. The maximum absolute atomic E-state index is 12.3. The highest BCUT2D eigenvalue weighted by Gasteiger charge is 2.18. The van der Waals surface area contributed by atoms with Crippen LogP contribution in [0, 0.1) is 0 Å². The van der Waals surface area contributed by atoms with Gasteiger partial charge >= 0.3 is 0 Å². The van der Waals surface area contributed by atoms with E-state index in [1.54, 1.807) is 29.3 Å². The van der Waals surface area contributed by atoms with Crippen molar-refractivity contribution in [1.29, 1.82) is 0 Å². The molecular formula is C18H20N4O5S. The van der Waals surface area contributed by atoms with Gasteiger partial charge in [0.25, 0.3) is 15.9 Å². The molecule has 0 aliphatic carbocycles. The summed E-state index contributed by atoms with van der Waals surface area (Å²) in [5.74, 6) is -0.287. The van der Waals surface area contributed by atoms with Gasteiger partial charge in [-0.15, -0.1) is 5.11 Å². The molecule has 10 heteroatoms. The molecule has 0 bridgehead atoms. The number of benzene rings is 2. The number of rotatable bonds is 7. The van der Waals surface area contributed by atoms with Crippen LogP contribution in [0.25, 0.3) is 0 Å². The number of hydrogen-bond acceptors (Lipinski definition) is 7. The Kier molecular flexibility index (Phi) is 6.56. The molecule has 9 nitrogen and oxygen atoms in total. The quantitative estimate of drug-likeness (QED) is 0.706. The van der Waals surface area contributed by atoms with E-state index in [1.807, 2.05) is 10.8 Å². The normalized spacial score (nSPS) is 14.8. The molecule has 2 aromatic rings. The van der Waals surface area contributed by atoms with Crippen molar-refractivity contribution >= 4 is 21.6 Å². The Hall–Kier alpha value is -2.98. The third kappa shape index (κ3) is 5.76. The number of carbonyl (C=O) groups is 1. The van der Waals surface area contributed by atoms with Gasteiger partial charge in [0.2, 0.25) is 0 Å². The summed E-state index contributed by atoms with van der Waals surface area (Å²) >= 11 is 0. The molecular weight excluding hydrogens is 384 g/mol. The molecule has 28 heavy (non-hydrogen) atoms. The number of ether oxygens (including phenoxy) is 2. The zero-order valence-corrected chi connectivity index (χ0v) is 15.8. The smallest absolute Gasteiger partial charge is 0.271 e. The van der Waals surface area contributed by atoms with Crippen molar-refractivity contribution < 1.29 is 22.7 Å². The Bertz CT molecular complexity index is 911. The van der Waals surface area contributed by atoms with E-state index < -0.39 is 22.5 Å². The summed E-state index contributed by atoms with van der Waals surface area (Å²) in [6.45, 7) is 2.11.